The lowest BCUT2D eigenvalue weighted by molar-refractivity contribution is -0.136. The van der Waals surface area contributed by atoms with Crippen LogP contribution in [0.2, 0.25) is 0 Å². The summed E-state index contributed by atoms with van der Waals surface area (Å²) in [5.74, 6) is -1.28. The fraction of sp³-hybridized carbons (Fsp3) is 0.579. The SMILES string of the molecule is CCCCOCCCNC(=O)C(=O)Nc1ccccc1N1CCOCC1. The van der Waals surface area contributed by atoms with Crippen molar-refractivity contribution in [3.05, 3.63) is 24.3 Å². The Bertz CT molecular complexity index is 574. The average molecular weight is 363 g/mol. The van der Waals surface area contributed by atoms with Crippen LogP contribution in [0.1, 0.15) is 26.2 Å². The summed E-state index contributed by atoms with van der Waals surface area (Å²) in [6.45, 7) is 6.69. The highest BCUT2D eigenvalue weighted by molar-refractivity contribution is 6.39. The van der Waals surface area contributed by atoms with Crippen molar-refractivity contribution < 1.29 is 19.1 Å². The zero-order chi connectivity index (χ0) is 18.6. The van der Waals surface area contributed by atoms with E-state index in [1.54, 1.807) is 6.07 Å². The third kappa shape index (κ3) is 6.65. The quantitative estimate of drug-likeness (QED) is 0.516. The first-order chi connectivity index (χ1) is 12.7. The lowest BCUT2D eigenvalue weighted by Gasteiger charge is -2.30. The molecule has 0 bridgehead atoms. The number of hydrogen-bond acceptors (Lipinski definition) is 5. The molecular weight excluding hydrogens is 334 g/mol. The molecule has 0 spiro atoms. The van der Waals surface area contributed by atoms with E-state index in [2.05, 4.69) is 22.5 Å². The van der Waals surface area contributed by atoms with E-state index in [0.717, 1.165) is 38.2 Å². The van der Waals surface area contributed by atoms with Crippen LogP contribution in [-0.2, 0) is 19.1 Å². The molecule has 2 N–H and O–H groups in total. The molecule has 7 nitrogen and oxygen atoms in total. The Kier molecular flexibility index (Phi) is 8.92. The van der Waals surface area contributed by atoms with Gasteiger partial charge in [-0.3, -0.25) is 9.59 Å². The van der Waals surface area contributed by atoms with Crippen molar-refractivity contribution in [2.45, 2.75) is 26.2 Å². The lowest BCUT2D eigenvalue weighted by Crippen LogP contribution is -2.38. The lowest BCUT2D eigenvalue weighted by atomic mass is 10.2. The summed E-state index contributed by atoms with van der Waals surface area (Å²) in [6, 6.07) is 7.49. The Hall–Kier alpha value is -2.12. The van der Waals surface area contributed by atoms with Crippen LogP contribution in [0.5, 0.6) is 0 Å². The molecule has 0 radical (unpaired) electrons. The number of amides is 2. The van der Waals surface area contributed by atoms with Crippen molar-refractivity contribution in [3.63, 3.8) is 0 Å². The van der Waals surface area contributed by atoms with Crippen LogP contribution in [0.15, 0.2) is 24.3 Å². The Balaban J connectivity index is 1.77. The fourth-order valence-corrected chi connectivity index (χ4v) is 2.64. The van der Waals surface area contributed by atoms with E-state index in [9.17, 15) is 9.59 Å². The monoisotopic (exact) mass is 363 g/mol. The van der Waals surface area contributed by atoms with E-state index in [-0.39, 0.29) is 0 Å². The van der Waals surface area contributed by atoms with Crippen molar-refractivity contribution in [2.75, 3.05) is 56.3 Å². The summed E-state index contributed by atoms with van der Waals surface area (Å²) in [6.07, 6.45) is 2.83. The first kappa shape index (κ1) is 20.2. The highest BCUT2D eigenvalue weighted by Gasteiger charge is 2.18. The number of nitrogens with one attached hydrogen (secondary N) is 2. The van der Waals surface area contributed by atoms with Gasteiger partial charge in [0.1, 0.15) is 0 Å². The fourth-order valence-electron chi connectivity index (χ4n) is 2.64. The van der Waals surface area contributed by atoms with E-state index in [0.29, 0.717) is 38.5 Å². The molecule has 1 aliphatic rings. The summed E-state index contributed by atoms with van der Waals surface area (Å²) in [4.78, 5) is 26.3. The molecule has 26 heavy (non-hydrogen) atoms. The van der Waals surface area contributed by atoms with Crippen molar-refractivity contribution in [1.82, 2.24) is 5.32 Å². The van der Waals surface area contributed by atoms with Gasteiger partial charge in [-0.2, -0.15) is 0 Å². The van der Waals surface area contributed by atoms with Crippen LogP contribution >= 0.6 is 0 Å². The largest absolute Gasteiger partial charge is 0.381 e. The van der Waals surface area contributed by atoms with E-state index >= 15 is 0 Å². The number of unbranched alkanes of at least 4 members (excludes halogenated alkanes) is 1. The summed E-state index contributed by atoms with van der Waals surface area (Å²) in [5, 5.41) is 5.34. The summed E-state index contributed by atoms with van der Waals surface area (Å²) >= 11 is 0. The van der Waals surface area contributed by atoms with Crippen LogP contribution in [-0.4, -0.2) is 57.9 Å². The molecule has 7 heteroatoms. The minimum absolute atomic E-state index is 0.420. The summed E-state index contributed by atoms with van der Waals surface area (Å²) < 4.78 is 10.8. The van der Waals surface area contributed by atoms with Gasteiger partial charge in [-0.15, -0.1) is 0 Å². The van der Waals surface area contributed by atoms with Gasteiger partial charge >= 0.3 is 11.8 Å². The van der Waals surface area contributed by atoms with Gasteiger partial charge in [-0.1, -0.05) is 25.5 Å². The van der Waals surface area contributed by atoms with Gasteiger partial charge in [0.15, 0.2) is 0 Å². The maximum atomic E-state index is 12.2. The highest BCUT2D eigenvalue weighted by Crippen LogP contribution is 2.26. The maximum absolute atomic E-state index is 12.2. The maximum Gasteiger partial charge on any atom is 0.313 e. The molecule has 0 unspecified atom stereocenters. The van der Waals surface area contributed by atoms with E-state index < -0.39 is 11.8 Å². The third-order valence-electron chi connectivity index (χ3n) is 4.10. The number of morpholine rings is 1. The normalized spacial score (nSPS) is 14.1. The van der Waals surface area contributed by atoms with Crippen LogP contribution in [0.4, 0.5) is 11.4 Å². The van der Waals surface area contributed by atoms with Gasteiger partial charge in [0.25, 0.3) is 0 Å². The summed E-state index contributed by atoms with van der Waals surface area (Å²) in [5.41, 5.74) is 1.54. The van der Waals surface area contributed by atoms with Gasteiger partial charge < -0.3 is 25.0 Å². The van der Waals surface area contributed by atoms with Crippen LogP contribution < -0.4 is 15.5 Å². The molecule has 1 aromatic rings. The molecule has 1 fully saturated rings. The van der Waals surface area contributed by atoms with E-state index in [4.69, 9.17) is 9.47 Å². The molecular formula is C19H29N3O4. The number of hydrogen-bond donors (Lipinski definition) is 2. The van der Waals surface area contributed by atoms with Crippen molar-refractivity contribution in [3.8, 4) is 0 Å². The zero-order valence-corrected chi connectivity index (χ0v) is 15.5. The Labute approximate surface area is 155 Å². The second-order valence-corrected chi connectivity index (χ2v) is 6.15. The summed E-state index contributed by atoms with van der Waals surface area (Å²) in [7, 11) is 0. The molecule has 0 atom stereocenters. The topological polar surface area (TPSA) is 79.9 Å². The first-order valence-electron chi connectivity index (χ1n) is 9.31. The smallest absolute Gasteiger partial charge is 0.313 e. The molecule has 1 aromatic carbocycles. The van der Waals surface area contributed by atoms with E-state index in [1.165, 1.54) is 0 Å². The van der Waals surface area contributed by atoms with Crippen LogP contribution in [0, 0.1) is 0 Å². The molecule has 1 heterocycles. The minimum atomic E-state index is -0.655. The van der Waals surface area contributed by atoms with Crippen molar-refractivity contribution >= 4 is 23.2 Å². The van der Waals surface area contributed by atoms with Crippen LogP contribution in [0.3, 0.4) is 0 Å². The second-order valence-electron chi connectivity index (χ2n) is 6.15. The zero-order valence-electron chi connectivity index (χ0n) is 15.5. The Morgan fingerprint density at radius 1 is 1.12 bits per heavy atom. The van der Waals surface area contributed by atoms with Crippen LogP contribution in [0.25, 0.3) is 0 Å². The highest BCUT2D eigenvalue weighted by atomic mass is 16.5. The number of carbonyl (C=O) groups excluding carboxylic acids is 2. The number of nitrogens with zero attached hydrogens (tertiary/aromatic N) is 1. The van der Waals surface area contributed by atoms with E-state index in [1.807, 2.05) is 18.2 Å². The van der Waals surface area contributed by atoms with Gasteiger partial charge in [0.2, 0.25) is 0 Å². The average Bonchev–Trinajstić information content (AvgIpc) is 2.68. The molecule has 0 aliphatic carbocycles. The van der Waals surface area contributed by atoms with Gasteiger partial charge in [0, 0.05) is 32.8 Å². The molecule has 1 saturated heterocycles. The number of carbonyl (C=O) groups is 2. The molecule has 1 aliphatic heterocycles. The van der Waals surface area contributed by atoms with Gasteiger partial charge in [-0.05, 0) is 25.0 Å². The number of para-hydroxylation sites is 2. The number of anilines is 2. The molecule has 2 rings (SSSR count). The Morgan fingerprint density at radius 3 is 2.62 bits per heavy atom. The van der Waals surface area contributed by atoms with Crippen molar-refractivity contribution in [2.24, 2.45) is 0 Å². The third-order valence-corrected chi connectivity index (χ3v) is 4.10. The predicted octanol–water partition coefficient (Wildman–Crippen LogP) is 1.78. The Morgan fingerprint density at radius 2 is 1.85 bits per heavy atom. The minimum Gasteiger partial charge on any atom is -0.381 e. The van der Waals surface area contributed by atoms with Gasteiger partial charge in [0.05, 0.1) is 24.6 Å². The molecule has 0 aromatic heterocycles. The first-order valence-corrected chi connectivity index (χ1v) is 9.31. The van der Waals surface area contributed by atoms with Gasteiger partial charge in [-0.25, -0.2) is 0 Å². The molecule has 2 amide bonds. The predicted molar refractivity (Wildman–Crippen MR) is 101 cm³/mol. The second kappa shape index (κ2) is 11.5. The number of rotatable bonds is 9. The standard InChI is InChI=1S/C19H29N3O4/c1-2-3-12-25-13-6-9-20-18(23)19(24)21-16-7-4-5-8-17(16)22-10-14-26-15-11-22/h4-5,7-8H,2-3,6,9-15H2,1H3,(H,20,23)(H,21,24). The molecule has 0 saturated carbocycles. The number of ether oxygens (including phenoxy) is 2. The number of benzene rings is 1. The van der Waals surface area contributed by atoms with Crippen molar-refractivity contribution in [1.29, 1.82) is 0 Å². The molecule has 144 valence electrons.